The number of hydrogen-bond donors (Lipinski definition) is 0. The maximum atomic E-state index is 10.4. The molecule has 0 aliphatic heterocycles. The molecule has 0 rings (SSSR count). The van der Waals surface area contributed by atoms with Crippen LogP contribution in [0.5, 0.6) is 0 Å². The Bertz CT molecular complexity index is 70.2. The molecule has 0 bridgehead atoms. The van der Waals surface area contributed by atoms with E-state index in [1.165, 1.54) is 0 Å². The van der Waals surface area contributed by atoms with Crippen molar-refractivity contribution < 1.29 is 42.3 Å². The maximum absolute atomic E-state index is 10.4. The van der Waals surface area contributed by atoms with Crippen LogP contribution in [0.4, 0.5) is 13.2 Å². The minimum atomic E-state index is -4.76. The van der Waals surface area contributed by atoms with Crippen molar-refractivity contribution in [2.45, 2.75) is 6.18 Å². The van der Waals surface area contributed by atoms with Gasteiger partial charge in [0.25, 0.3) is 6.18 Å². The summed E-state index contributed by atoms with van der Waals surface area (Å²) >= 11 is 1.70. The minimum absolute atomic E-state index is 0.146. The van der Waals surface area contributed by atoms with Crippen LogP contribution in [0, 0.1) is 0 Å². The first-order valence-corrected chi connectivity index (χ1v) is 1.75. The van der Waals surface area contributed by atoms with Crippen molar-refractivity contribution in [1.82, 2.24) is 0 Å². The summed E-state index contributed by atoms with van der Waals surface area (Å²) in [5, 5.41) is 0. The van der Waals surface area contributed by atoms with Gasteiger partial charge in [-0.15, -0.1) is 0 Å². The summed E-state index contributed by atoms with van der Waals surface area (Å²) in [6.07, 6.45) is -4.91. The molecular formula is C2AgF3O2-. The van der Waals surface area contributed by atoms with Crippen LogP contribution in [0.2, 0.25) is 0 Å². The van der Waals surface area contributed by atoms with E-state index < -0.39 is 6.18 Å². The third kappa shape index (κ3) is 16.7. The second-order valence-corrected chi connectivity index (χ2v) is 0.600. The normalized spacial score (nSPS) is 9.12. The van der Waals surface area contributed by atoms with Crippen molar-refractivity contribution in [1.29, 1.82) is 0 Å². The average molecular weight is 221 g/mol. The van der Waals surface area contributed by atoms with Gasteiger partial charge < -0.3 is 4.79 Å². The van der Waals surface area contributed by atoms with Crippen molar-refractivity contribution in [2.24, 2.45) is 0 Å². The monoisotopic (exact) mass is 220 g/mol. The average Bonchev–Trinajstić information content (AvgIpc) is 1.71. The van der Waals surface area contributed by atoms with Crippen LogP contribution in [-0.2, 0) is 29.1 Å². The fraction of sp³-hybridized carbons (Fsp3) is 0.500. The molecule has 0 aliphatic rings. The zero-order valence-electron chi connectivity index (χ0n) is 3.25. The summed E-state index contributed by atoms with van der Waals surface area (Å²) in [5.74, 6) is 0. The number of carbonyl (C=O) groups excluding carboxylic acids is 1. The molecule has 0 aromatic rings. The van der Waals surface area contributed by atoms with Crippen LogP contribution < -0.4 is 0 Å². The van der Waals surface area contributed by atoms with E-state index in [1.807, 2.05) is 0 Å². The van der Waals surface area contributed by atoms with Gasteiger partial charge in [-0.2, -0.15) is 6.29 Å². The van der Waals surface area contributed by atoms with E-state index in [4.69, 9.17) is 8.04 Å². The van der Waals surface area contributed by atoms with E-state index in [0.29, 0.717) is 0 Å². The van der Waals surface area contributed by atoms with Crippen LogP contribution in [-0.4, -0.2) is 12.5 Å². The zero-order chi connectivity index (χ0) is 7.21. The molecule has 0 aromatic heterocycles. The third-order valence-electron chi connectivity index (χ3n) is 0.116. The Kier molecular flexibility index (Phi) is 7.00. The first kappa shape index (κ1) is 10.9. The van der Waals surface area contributed by atoms with Crippen LogP contribution in [0.3, 0.4) is 0 Å². The molecule has 0 radical (unpaired) electrons. The SMILES string of the molecule is O=[C-]C(F)(F)F.[O]=[Ag]. The molecule has 0 saturated heterocycles. The van der Waals surface area contributed by atoms with Gasteiger partial charge >= 0.3 is 24.3 Å². The standard InChI is InChI=1S/C2F3O.Ag.O/c3-2(4,5)1-6;;/q-1;;. The summed E-state index contributed by atoms with van der Waals surface area (Å²) < 4.78 is 39.1. The molecule has 53 valence electrons. The summed E-state index contributed by atoms with van der Waals surface area (Å²) in [6.45, 7) is 0. The van der Waals surface area contributed by atoms with E-state index >= 15 is 0 Å². The molecule has 0 spiro atoms. The van der Waals surface area contributed by atoms with Crippen molar-refractivity contribution >= 4 is 6.29 Å². The van der Waals surface area contributed by atoms with Crippen LogP contribution in [0.15, 0.2) is 0 Å². The van der Waals surface area contributed by atoms with E-state index in [0.717, 1.165) is 0 Å². The molecular weight excluding hydrogens is 221 g/mol. The molecule has 2 nitrogen and oxygen atoms in total. The molecule has 8 heavy (non-hydrogen) atoms. The van der Waals surface area contributed by atoms with E-state index in [2.05, 4.69) is 0 Å². The Labute approximate surface area is 55.3 Å². The number of halogens is 3. The quantitative estimate of drug-likeness (QED) is 0.441. The predicted molar refractivity (Wildman–Crippen MR) is 12.4 cm³/mol. The Morgan fingerprint density at radius 1 is 1.25 bits per heavy atom. The van der Waals surface area contributed by atoms with Crippen LogP contribution in [0.1, 0.15) is 0 Å². The van der Waals surface area contributed by atoms with Gasteiger partial charge in [0.1, 0.15) is 0 Å². The van der Waals surface area contributed by atoms with Gasteiger partial charge in [-0.1, -0.05) is 0 Å². The topological polar surface area (TPSA) is 34.1 Å². The first-order chi connectivity index (χ1) is 3.56. The van der Waals surface area contributed by atoms with Gasteiger partial charge in [0.2, 0.25) is 0 Å². The summed E-state index contributed by atoms with van der Waals surface area (Å²) in [5.41, 5.74) is 0. The van der Waals surface area contributed by atoms with Gasteiger partial charge in [0, 0.05) is 0 Å². The molecule has 6 heteroatoms. The van der Waals surface area contributed by atoms with Crippen molar-refractivity contribution in [3.05, 3.63) is 0 Å². The molecule has 0 amide bonds. The Hall–Kier alpha value is 0.000260. The zero-order valence-corrected chi connectivity index (χ0v) is 4.73. The Morgan fingerprint density at radius 3 is 1.38 bits per heavy atom. The van der Waals surface area contributed by atoms with Crippen molar-refractivity contribution in [3.8, 4) is 0 Å². The Balaban J connectivity index is 0. The molecule has 0 aliphatic carbocycles. The van der Waals surface area contributed by atoms with Gasteiger partial charge in [-0.25, -0.2) is 13.2 Å². The third-order valence-corrected chi connectivity index (χ3v) is 0.116. The molecule has 0 heterocycles. The number of rotatable bonds is 0. The summed E-state index contributed by atoms with van der Waals surface area (Å²) in [4.78, 5) is 8.58. The summed E-state index contributed by atoms with van der Waals surface area (Å²) in [6, 6.07) is 0. The van der Waals surface area contributed by atoms with Gasteiger partial charge in [0.05, 0.1) is 0 Å². The van der Waals surface area contributed by atoms with E-state index in [9.17, 15) is 13.2 Å². The fourth-order valence-corrected chi connectivity index (χ4v) is 0. The van der Waals surface area contributed by atoms with Crippen molar-refractivity contribution in [2.75, 3.05) is 0 Å². The van der Waals surface area contributed by atoms with Gasteiger partial charge in [0.15, 0.2) is 0 Å². The molecule has 0 atom stereocenters. The molecule has 0 unspecified atom stereocenters. The summed E-state index contributed by atoms with van der Waals surface area (Å²) in [7, 11) is 0. The fourth-order valence-electron chi connectivity index (χ4n) is 0. The second-order valence-electron chi connectivity index (χ2n) is 0.600. The second kappa shape index (κ2) is 5.14. The molecule has 0 fully saturated rings. The van der Waals surface area contributed by atoms with Crippen LogP contribution in [0.25, 0.3) is 0 Å². The van der Waals surface area contributed by atoms with Crippen LogP contribution >= 0.6 is 0 Å². The van der Waals surface area contributed by atoms with Gasteiger partial charge in [-0.3, -0.25) is 0 Å². The van der Waals surface area contributed by atoms with Gasteiger partial charge in [-0.05, 0) is 0 Å². The van der Waals surface area contributed by atoms with E-state index in [-0.39, 0.29) is 6.29 Å². The van der Waals surface area contributed by atoms with Crippen molar-refractivity contribution in [3.63, 3.8) is 0 Å². The number of alkyl halides is 3. The number of hydrogen-bond acceptors (Lipinski definition) is 2. The molecule has 0 N–H and O–H groups in total. The van der Waals surface area contributed by atoms with E-state index in [1.54, 1.807) is 21.0 Å². The first-order valence-electron chi connectivity index (χ1n) is 1.14. The Morgan fingerprint density at radius 2 is 1.38 bits per heavy atom. The molecule has 0 saturated carbocycles. The molecule has 0 aromatic carbocycles. The predicted octanol–water partition coefficient (Wildman–Crippen LogP) is 0.537.